The average molecular weight is 477 g/mol. The summed E-state index contributed by atoms with van der Waals surface area (Å²) < 4.78 is 46.4. The lowest BCUT2D eigenvalue weighted by Gasteiger charge is -2.37. The molecule has 33 heavy (non-hydrogen) atoms. The smallest absolute Gasteiger partial charge is 0.434 e. The van der Waals surface area contributed by atoms with Crippen LogP contribution in [0.15, 0.2) is 42.4 Å². The van der Waals surface area contributed by atoms with Crippen LogP contribution in [0.1, 0.15) is 35.8 Å². The summed E-state index contributed by atoms with van der Waals surface area (Å²) in [4.78, 5) is 24.2. The number of hydrogen-bond donors (Lipinski definition) is 0. The standard InChI is InChI=1S/C20H18F3N7O2S/c1-12-2-3-13(32-17-16-27-15(20(21,22)23)11-28(16)8-7-24-17)10-29(12)18(31)14-4-9-33-19(14)30-25-5-6-26-30/h4-9,11-13H,2-3,10H2,1H3/t12-,13-/m1/s1. The number of hydrogen-bond acceptors (Lipinski definition) is 7. The Hall–Kier alpha value is -3.48. The van der Waals surface area contributed by atoms with Crippen LogP contribution in [0.4, 0.5) is 13.2 Å². The summed E-state index contributed by atoms with van der Waals surface area (Å²) in [5, 5.41) is 10.6. The Balaban J connectivity index is 1.38. The van der Waals surface area contributed by atoms with Crippen LogP contribution < -0.4 is 4.74 Å². The molecule has 0 spiro atoms. The minimum Gasteiger partial charge on any atom is -0.470 e. The van der Waals surface area contributed by atoms with E-state index in [4.69, 9.17) is 4.74 Å². The summed E-state index contributed by atoms with van der Waals surface area (Å²) in [7, 11) is 0. The molecule has 5 heterocycles. The number of ether oxygens (including phenoxy) is 1. The predicted molar refractivity (Wildman–Crippen MR) is 111 cm³/mol. The maximum absolute atomic E-state index is 13.4. The van der Waals surface area contributed by atoms with Crippen molar-refractivity contribution in [1.29, 1.82) is 0 Å². The van der Waals surface area contributed by atoms with E-state index in [0.29, 0.717) is 23.4 Å². The Morgan fingerprint density at radius 1 is 1.21 bits per heavy atom. The number of likely N-dealkylation sites (tertiary alicyclic amines) is 1. The van der Waals surface area contributed by atoms with Gasteiger partial charge < -0.3 is 14.0 Å². The van der Waals surface area contributed by atoms with Crippen LogP contribution in [0.25, 0.3) is 10.6 Å². The highest BCUT2D eigenvalue weighted by Crippen LogP contribution is 2.31. The van der Waals surface area contributed by atoms with Gasteiger partial charge in [0.15, 0.2) is 10.7 Å². The van der Waals surface area contributed by atoms with Crippen LogP contribution in [0.2, 0.25) is 0 Å². The quantitative estimate of drug-likeness (QED) is 0.447. The Morgan fingerprint density at radius 3 is 2.76 bits per heavy atom. The highest BCUT2D eigenvalue weighted by Gasteiger charge is 2.36. The molecule has 0 saturated carbocycles. The van der Waals surface area contributed by atoms with Gasteiger partial charge in [0, 0.05) is 24.6 Å². The third-order valence-electron chi connectivity index (χ3n) is 5.49. The van der Waals surface area contributed by atoms with Crippen LogP contribution in [0.5, 0.6) is 5.88 Å². The molecule has 0 bridgehead atoms. The van der Waals surface area contributed by atoms with E-state index in [0.717, 1.165) is 6.20 Å². The molecule has 1 amide bonds. The highest BCUT2D eigenvalue weighted by molar-refractivity contribution is 7.12. The Kier molecular flexibility index (Phi) is 5.27. The zero-order valence-electron chi connectivity index (χ0n) is 17.3. The predicted octanol–water partition coefficient (Wildman–Crippen LogP) is 3.46. The average Bonchev–Trinajstić information content (AvgIpc) is 3.53. The fourth-order valence-electron chi connectivity index (χ4n) is 3.82. The highest BCUT2D eigenvalue weighted by atomic mass is 32.1. The molecule has 4 aromatic heterocycles. The van der Waals surface area contributed by atoms with Gasteiger partial charge in [0.05, 0.1) is 24.5 Å². The Labute approximate surface area is 189 Å². The van der Waals surface area contributed by atoms with Crippen LogP contribution in [0, 0.1) is 0 Å². The van der Waals surface area contributed by atoms with Gasteiger partial charge in [-0.1, -0.05) is 0 Å². The van der Waals surface area contributed by atoms with E-state index in [1.54, 1.807) is 16.3 Å². The largest absolute Gasteiger partial charge is 0.470 e. The molecule has 1 saturated heterocycles. The van der Waals surface area contributed by atoms with Crippen molar-refractivity contribution in [2.75, 3.05) is 6.54 Å². The normalized spacial score (nSPS) is 19.2. The molecule has 1 fully saturated rings. The molecule has 1 aliphatic heterocycles. The Morgan fingerprint density at radius 2 is 2.00 bits per heavy atom. The number of carbonyl (C=O) groups is 1. The third kappa shape index (κ3) is 4.03. The molecule has 0 N–H and O–H groups in total. The monoisotopic (exact) mass is 477 g/mol. The van der Waals surface area contributed by atoms with Gasteiger partial charge in [-0.3, -0.25) is 4.79 Å². The van der Waals surface area contributed by atoms with E-state index < -0.39 is 18.0 Å². The lowest BCUT2D eigenvalue weighted by molar-refractivity contribution is -0.140. The van der Waals surface area contributed by atoms with Gasteiger partial charge in [-0.25, -0.2) is 9.97 Å². The zero-order chi connectivity index (χ0) is 23.2. The summed E-state index contributed by atoms with van der Waals surface area (Å²) >= 11 is 1.36. The molecule has 5 rings (SSSR count). The van der Waals surface area contributed by atoms with E-state index in [1.807, 2.05) is 6.92 Å². The fraction of sp³-hybridized carbons (Fsp3) is 0.350. The Bertz CT molecular complexity index is 1280. The van der Waals surface area contributed by atoms with Gasteiger partial charge in [-0.2, -0.15) is 23.4 Å². The summed E-state index contributed by atoms with van der Waals surface area (Å²) in [5.41, 5.74) is -0.565. The molecule has 9 nitrogen and oxygen atoms in total. The molecule has 2 atom stereocenters. The number of fused-ring (bicyclic) bond motifs is 1. The first-order valence-electron chi connectivity index (χ1n) is 10.1. The van der Waals surface area contributed by atoms with Gasteiger partial charge in [-0.15, -0.1) is 16.1 Å². The molecule has 0 unspecified atom stereocenters. The molecule has 1 aliphatic rings. The maximum atomic E-state index is 13.4. The van der Waals surface area contributed by atoms with Crippen LogP contribution in [0.3, 0.4) is 0 Å². The molecule has 4 aromatic rings. The number of halogens is 3. The molecule has 0 aromatic carbocycles. The lowest BCUT2D eigenvalue weighted by Crippen LogP contribution is -2.49. The van der Waals surface area contributed by atoms with Crippen molar-refractivity contribution < 1.29 is 22.7 Å². The van der Waals surface area contributed by atoms with E-state index in [-0.39, 0.29) is 30.0 Å². The third-order valence-corrected chi connectivity index (χ3v) is 6.37. The molecule has 0 radical (unpaired) electrons. The molecule has 13 heteroatoms. The summed E-state index contributed by atoms with van der Waals surface area (Å²) in [6.07, 6.45) is 2.97. The second-order valence-corrected chi connectivity index (χ2v) is 8.56. The van der Waals surface area contributed by atoms with Crippen molar-refractivity contribution in [3.8, 4) is 10.9 Å². The minimum absolute atomic E-state index is 0.00286. The fourth-order valence-corrected chi connectivity index (χ4v) is 4.62. The van der Waals surface area contributed by atoms with Gasteiger partial charge >= 0.3 is 6.18 Å². The molecular formula is C20H18F3N7O2S. The minimum atomic E-state index is -4.57. The zero-order valence-corrected chi connectivity index (χ0v) is 18.1. The second kappa shape index (κ2) is 8.14. The molecule has 0 aliphatic carbocycles. The number of carbonyl (C=O) groups excluding carboxylic acids is 1. The van der Waals surface area contributed by atoms with Crippen LogP contribution in [-0.4, -0.2) is 58.9 Å². The van der Waals surface area contributed by atoms with Crippen LogP contribution >= 0.6 is 11.3 Å². The number of aromatic nitrogens is 6. The van der Waals surface area contributed by atoms with Gasteiger partial charge in [0.1, 0.15) is 6.10 Å². The van der Waals surface area contributed by atoms with Gasteiger partial charge in [-0.05, 0) is 31.2 Å². The van der Waals surface area contributed by atoms with E-state index in [9.17, 15) is 18.0 Å². The SMILES string of the molecule is C[C@@H]1CC[C@@H](Oc2nccn3cc(C(F)(F)F)nc23)CN1C(=O)c1ccsc1-n1nccn1. The van der Waals surface area contributed by atoms with Crippen molar-refractivity contribution in [2.45, 2.75) is 38.1 Å². The number of amides is 1. The van der Waals surface area contributed by atoms with Gasteiger partial charge in [0.25, 0.3) is 11.8 Å². The van der Waals surface area contributed by atoms with Crippen LogP contribution in [-0.2, 0) is 6.18 Å². The number of alkyl halides is 3. The molecule has 172 valence electrons. The van der Waals surface area contributed by atoms with E-state index in [2.05, 4.69) is 20.2 Å². The lowest BCUT2D eigenvalue weighted by atomic mass is 10.0. The van der Waals surface area contributed by atoms with E-state index in [1.165, 1.54) is 45.3 Å². The summed E-state index contributed by atoms with van der Waals surface area (Å²) in [6.45, 7) is 2.22. The number of thiophene rings is 1. The van der Waals surface area contributed by atoms with Crippen molar-refractivity contribution in [3.05, 3.63) is 53.7 Å². The first-order chi connectivity index (χ1) is 15.8. The topological polar surface area (TPSA) is 90.4 Å². The first-order valence-corrected chi connectivity index (χ1v) is 11.0. The van der Waals surface area contributed by atoms with E-state index >= 15 is 0 Å². The first kappa shape index (κ1) is 21.4. The van der Waals surface area contributed by atoms with Crippen molar-refractivity contribution in [3.63, 3.8) is 0 Å². The number of piperidine rings is 1. The summed E-state index contributed by atoms with van der Waals surface area (Å²) in [5.74, 6) is -0.187. The number of imidazole rings is 1. The number of rotatable bonds is 4. The maximum Gasteiger partial charge on any atom is 0.434 e. The van der Waals surface area contributed by atoms with Crippen molar-refractivity contribution >= 4 is 22.9 Å². The molecular weight excluding hydrogens is 459 g/mol. The van der Waals surface area contributed by atoms with Crippen molar-refractivity contribution in [2.24, 2.45) is 0 Å². The van der Waals surface area contributed by atoms with Gasteiger partial charge in [0.2, 0.25) is 5.65 Å². The van der Waals surface area contributed by atoms with Crippen molar-refractivity contribution in [1.82, 2.24) is 34.3 Å². The second-order valence-electron chi connectivity index (χ2n) is 7.67. The summed E-state index contributed by atoms with van der Waals surface area (Å²) in [6, 6.07) is 1.69. The number of nitrogens with zero attached hydrogens (tertiary/aromatic N) is 7.